The molecule has 0 aliphatic heterocycles. The number of nitrogens with one attached hydrogen (secondary N) is 2. The van der Waals surface area contributed by atoms with Gasteiger partial charge in [0.05, 0.1) is 6.04 Å². The minimum Gasteiger partial charge on any atom is -0.336 e. The number of amides is 2. The summed E-state index contributed by atoms with van der Waals surface area (Å²) in [6, 6.07) is 7.43. The summed E-state index contributed by atoms with van der Waals surface area (Å²) in [6.45, 7) is 5.92. The zero-order valence-corrected chi connectivity index (χ0v) is 11.2. The van der Waals surface area contributed by atoms with E-state index in [-0.39, 0.29) is 18.1 Å². The van der Waals surface area contributed by atoms with Crippen LogP contribution in [0.4, 0.5) is 4.79 Å². The monoisotopic (exact) mass is 254 g/mol. The third kappa shape index (κ3) is 4.27. The molecule has 4 heteroatoms. The lowest BCUT2D eigenvalue weighted by atomic mass is 10.1. The van der Waals surface area contributed by atoms with Crippen molar-refractivity contribution in [3.8, 4) is 0 Å². The van der Waals surface area contributed by atoms with E-state index in [0.717, 1.165) is 12.0 Å². The second-order valence-corrected chi connectivity index (χ2v) is 4.58. The van der Waals surface area contributed by atoms with E-state index in [1.54, 1.807) is 0 Å². The van der Waals surface area contributed by atoms with Gasteiger partial charge in [-0.3, -0.25) is 0 Å². The van der Waals surface area contributed by atoms with Gasteiger partial charge in [-0.15, -0.1) is 0 Å². The molecule has 0 aliphatic rings. The van der Waals surface area contributed by atoms with E-state index in [1.165, 1.54) is 0 Å². The molecule has 0 saturated heterocycles. The standard InChI is InChI=1S/C13H19ClN2O/c1-4-9(2)15-13(17)16-10(3)11-7-5-6-8-12(11)14/h5-10H,4H2,1-3H3,(H2,15,16,17)/t9-,10+/m1/s1. The smallest absolute Gasteiger partial charge is 0.315 e. The number of benzene rings is 1. The first-order chi connectivity index (χ1) is 8.04. The van der Waals surface area contributed by atoms with Gasteiger partial charge in [-0.05, 0) is 31.9 Å². The Kier molecular flexibility index (Phi) is 5.29. The summed E-state index contributed by atoms with van der Waals surface area (Å²) in [7, 11) is 0. The maximum atomic E-state index is 11.6. The van der Waals surface area contributed by atoms with E-state index < -0.39 is 0 Å². The van der Waals surface area contributed by atoms with Crippen molar-refractivity contribution in [2.45, 2.75) is 39.3 Å². The van der Waals surface area contributed by atoms with Gasteiger partial charge in [0.1, 0.15) is 0 Å². The highest BCUT2D eigenvalue weighted by Crippen LogP contribution is 2.21. The Bertz CT molecular complexity index is 381. The van der Waals surface area contributed by atoms with Crippen LogP contribution in [-0.4, -0.2) is 12.1 Å². The van der Waals surface area contributed by atoms with Gasteiger partial charge in [0.25, 0.3) is 0 Å². The molecule has 0 saturated carbocycles. The maximum Gasteiger partial charge on any atom is 0.315 e. The van der Waals surface area contributed by atoms with Crippen LogP contribution in [0.15, 0.2) is 24.3 Å². The van der Waals surface area contributed by atoms with Gasteiger partial charge in [-0.2, -0.15) is 0 Å². The largest absolute Gasteiger partial charge is 0.336 e. The Morgan fingerprint density at radius 1 is 1.29 bits per heavy atom. The summed E-state index contributed by atoms with van der Waals surface area (Å²) < 4.78 is 0. The number of urea groups is 1. The van der Waals surface area contributed by atoms with E-state index in [1.807, 2.05) is 45.0 Å². The summed E-state index contributed by atoms with van der Waals surface area (Å²) in [5.41, 5.74) is 0.925. The van der Waals surface area contributed by atoms with Crippen LogP contribution in [0.25, 0.3) is 0 Å². The fourth-order valence-electron chi connectivity index (χ4n) is 1.47. The van der Waals surface area contributed by atoms with Gasteiger partial charge in [-0.25, -0.2) is 4.79 Å². The molecule has 0 bridgehead atoms. The zero-order chi connectivity index (χ0) is 12.8. The molecule has 0 aromatic heterocycles. The van der Waals surface area contributed by atoms with Crippen molar-refractivity contribution < 1.29 is 4.79 Å². The lowest BCUT2D eigenvalue weighted by molar-refractivity contribution is 0.234. The average molecular weight is 255 g/mol. The average Bonchev–Trinajstić information content (AvgIpc) is 2.29. The maximum absolute atomic E-state index is 11.6. The molecular formula is C13H19ClN2O. The third-order valence-electron chi connectivity index (χ3n) is 2.71. The number of rotatable bonds is 4. The second kappa shape index (κ2) is 6.50. The Morgan fingerprint density at radius 3 is 2.53 bits per heavy atom. The third-order valence-corrected chi connectivity index (χ3v) is 3.05. The molecule has 2 atom stereocenters. The first-order valence-corrected chi connectivity index (χ1v) is 6.23. The number of carbonyl (C=O) groups is 1. The minimum absolute atomic E-state index is 0.104. The highest BCUT2D eigenvalue weighted by Gasteiger charge is 2.12. The number of hydrogen-bond donors (Lipinski definition) is 2. The molecule has 1 aromatic carbocycles. The van der Waals surface area contributed by atoms with Crippen LogP contribution in [0.2, 0.25) is 5.02 Å². The molecule has 94 valence electrons. The van der Waals surface area contributed by atoms with E-state index in [9.17, 15) is 4.79 Å². The van der Waals surface area contributed by atoms with Crippen LogP contribution in [0, 0.1) is 0 Å². The molecule has 1 rings (SSSR count). The number of halogens is 1. The minimum atomic E-state index is -0.160. The molecule has 3 nitrogen and oxygen atoms in total. The molecular weight excluding hydrogens is 236 g/mol. The molecule has 2 amide bonds. The van der Waals surface area contributed by atoms with Crippen LogP contribution in [0.1, 0.15) is 38.8 Å². The Labute approximate surface area is 108 Å². The summed E-state index contributed by atoms with van der Waals surface area (Å²) in [5, 5.41) is 6.39. The molecule has 2 N–H and O–H groups in total. The lowest BCUT2D eigenvalue weighted by Crippen LogP contribution is -2.41. The van der Waals surface area contributed by atoms with E-state index in [0.29, 0.717) is 5.02 Å². The normalized spacial score (nSPS) is 13.9. The molecule has 1 aromatic rings. The first kappa shape index (κ1) is 13.8. The molecule has 0 heterocycles. The van der Waals surface area contributed by atoms with Gasteiger partial charge in [-0.1, -0.05) is 36.7 Å². The molecule has 0 radical (unpaired) electrons. The fraction of sp³-hybridized carbons (Fsp3) is 0.462. The van der Waals surface area contributed by atoms with Crippen molar-refractivity contribution in [3.63, 3.8) is 0 Å². The van der Waals surface area contributed by atoms with Crippen molar-refractivity contribution in [1.29, 1.82) is 0 Å². The number of carbonyl (C=O) groups excluding carboxylic acids is 1. The quantitative estimate of drug-likeness (QED) is 0.848. The summed E-state index contributed by atoms with van der Waals surface area (Å²) >= 11 is 6.06. The molecule has 0 fully saturated rings. The van der Waals surface area contributed by atoms with Gasteiger partial charge in [0, 0.05) is 11.1 Å². The Hall–Kier alpha value is -1.22. The first-order valence-electron chi connectivity index (χ1n) is 5.86. The zero-order valence-electron chi connectivity index (χ0n) is 10.5. The molecule has 0 spiro atoms. The second-order valence-electron chi connectivity index (χ2n) is 4.17. The van der Waals surface area contributed by atoms with Crippen molar-refractivity contribution >= 4 is 17.6 Å². The van der Waals surface area contributed by atoms with Crippen molar-refractivity contribution in [1.82, 2.24) is 10.6 Å². The molecule has 0 aliphatic carbocycles. The van der Waals surface area contributed by atoms with E-state index >= 15 is 0 Å². The fourth-order valence-corrected chi connectivity index (χ4v) is 1.77. The van der Waals surface area contributed by atoms with Gasteiger partial charge < -0.3 is 10.6 Å². The summed E-state index contributed by atoms with van der Waals surface area (Å²) in [6.07, 6.45) is 0.911. The van der Waals surface area contributed by atoms with Crippen LogP contribution in [-0.2, 0) is 0 Å². The van der Waals surface area contributed by atoms with Gasteiger partial charge >= 0.3 is 6.03 Å². The van der Waals surface area contributed by atoms with Gasteiger partial charge in [0.15, 0.2) is 0 Å². The van der Waals surface area contributed by atoms with Crippen molar-refractivity contribution in [3.05, 3.63) is 34.9 Å². The van der Waals surface area contributed by atoms with Crippen molar-refractivity contribution in [2.75, 3.05) is 0 Å². The van der Waals surface area contributed by atoms with E-state index in [2.05, 4.69) is 10.6 Å². The number of hydrogen-bond acceptors (Lipinski definition) is 1. The van der Waals surface area contributed by atoms with Crippen LogP contribution in [0.3, 0.4) is 0 Å². The van der Waals surface area contributed by atoms with Crippen LogP contribution < -0.4 is 10.6 Å². The highest BCUT2D eigenvalue weighted by atomic mass is 35.5. The van der Waals surface area contributed by atoms with Crippen LogP contribution >= 0.6 is 11.6 Å². The topological polar surface area (TPSA) is 41.1 Å². The Morgan fingerprint density at radius 2 is 1.94 bits per heavy atom. The predicted octanol–water partition coefficient (Wildman–Crippen LogP) is 3.50. The van der Waals surface area contributed by atoms with E-state index in [4.69, 9.17) is 11.6 Å². The lowest BCUT2D eigenvalue weighted by Gasteiger charge is -2.18. The highest BCUT2D eigenvalue weighted by molar-refractivity contribution is 6.31. The van der Waals surface area contributed by atoms with Crippen LogP contribution in [0.5, 0.6) is 0 Å². The summed E-state index contributed by atoms with van der Waals surface area (Å²) in [4.78, 5) is 11.6. The SMILES string of the molecule is CC[C@@H](C)NC(=O)N[C@@H](C)c1ccccc1Cl. The Balaban J connectivity index is 2.58. The summed E-state index contributed by atoms with van der Waals surface area (Å²) in [5.74, 6) is 0. The van der Waals surface area contributed by atoms with Gasteiger partial charge in [0.2, 0.25) is 0 Å². The predicted molar refractivity (Wildman–Crippen MR) is 71.3 cm³/mol. The van der Waals surface area contributed by atoms with Crippen molar-refractivity contribution in [2.24, 2.45) is 0 Å². The molecule has 0 unspecified atom stereocenters. The molecule has 17 heavy (non-hydrogen) atoms.